The molecule has 2 heterocycles. The molecule has 0 amide bonds. The molecular formula is C13H20N2O4S. The van der Waals surface area contributed by atoms with Crippen molar-refractivity contribution in [3.05, 3.63) is 18.5 Å². The minimum atomic E-state index is -3.54. The maximum atomic E-state index is 12.6. The summed E-state index contributed by atoms with van der Waals surface area (Å²) < 4.78 is 33.1. The second-order valence-corrected chi connectivity index (χ2v) is 6.95. The molecule has 0 aromatic carbocycles. The Bertz CT molecular complexity index is 579. The first-order chi connectivity index (χ1) is 9.45. The lowest BCUT2D eigenvalue weighted by Gasteiger charge is -2.33. The van der Waals surface area contributed by atoms with Gasteiger partial charge in [-0.15, -0.1) is 0 Å². The zero-order chi connectivity index (χ0) is 14.8. The van der Waals surface area contributed by atoms with E-state index in [0.717, 1.165) is 12.8 Å². The van der Waals surface area contributed by atoms with Crippen LogP contribution in [0.2, 0.25) is 0 Å². The lowest BCUT2D eigenvalue weighted by atomic mass is 10.0. The predicted molar refractivity (Wildman–Crippen MR) is 73.6 cm³/mol. The number of aromatic nitrogens is 1. The largest absolute Gasteiger partial charge is 0.469 e. The van der Waals surface area contributed by atoms with Gasteiger partial charge in [-0.25, -0.2) is 8.42 Å². The second kappa shape index (κ2) is 5.97. The van der Waals surface area contributed by atoms with Gasteiger partial charge < -0.3 is 9.30 Å². The minimum absolute atomic E-state index is 0.114. The van der Waals surface area contributed by atoms with Crippen LogP contribution in [0.4, 0.5) is 0 Å². The van der Waals surface area contributed by atoms with E-state index in [1.807, 2.05) is 0 Å². The summed E-state index contributed by atoms with van der Waals surface area (Å²) in [5, 5.41) is 0. The number of rotatable bonds is 4. The van der Waals surface area contributed by atoms with Gasteiger partial charge >= 0.3 is 5.97 Å². The van der Waals surface area contributed by atoms with E-state index >= 15 is 0 Å². The van der Waals surface area contributed by atoms with Gasteiger partial charge in [0.15, 0.2) is 0 Å². The summed E-state index contributed by atoms with van der Waals surface area (Å²) in [5.41, 5.74) is 0. The normalized spacial score (nSPS) is 20.8. The third-order valence-corrected chi connectivity index (χ3v) is 5.55. The van der Waals surface area contributed by atoms with Gasteiger partial charge in [0.25, 0.3) is 0 Å². The van der Waals surface area contributed by atoms with Crippen LogP contribution < -0.4 is 0 Å². The van der Waals surface area contributed by atoms with Crippen molar-refractivity contribution in [3.8, 4) is 0 Å². The quantitative estimate of drug-likeness (QED) is 0.782. The Morgan fingerprint density at radius 1 is 1.45 bits per heavy atom. The number of hydrogen-bond donors (Lipinski definition) is 0. The Kier molecular flexibility index (Phi) is 4.49. The maximum absolute atomic E-state index is 12.6. The highest BCUT2D eigenvalue weighted by Gasteiger charge is 2.35. The van der Waals surface area contributed by atoms with E-state index in [0.29, 0.717) is 13.0 Å². The van der Waals surface area contributed by atoms with Gasteiger partial charge in [0.1, 0.15) is 0 Å². The van der Waals surface area contributed by atoms with Crippen LogP contribution in [0.1, 0.15) is 25.7 Å². The van der Waals surface area contributed by atoms with Crippen LogP contribution in [0.5, 0.6) is 0 Å². The Morgan fingerprint density at radius 2 is 2.20 bits per heavy atom. The summed E-state index contributed by atoms with van der Waals surface area (Å²) in [6, 6.07) is 1.28. The number of esters is 1. The number of nitrogens with zero attached hydrogens (tertiary/aromatic N) is 2. The minimum Gasteiger partial charge on any atom is -0.469 e. The topological polar surface area (TPSA) is 68.6 Å². The molecule has 1 fully saturated rings. The molecule has 20 heavy (non-hydrogen) atoms. The summed E-state index contributed by atoms with van der Waals surface area (Å²) in [4.78, 5) is 11.7. The van der Waals surface area contributed by atoms with Crippen molar-refractivity contribution in [1.82, 2.24) is 8.87 Å². The van der Waals surface area contributed by atoms with E-state index in [1.54, 1.807) is 30.1 Å². The molecule has 112 valence electrons. The fourth-order valence-corrected chi connectivity index (χ4v) is 4.28. The average Bonchev–Trinajstić information content (AvgIpc) is 2.86. The van der Waals surface area contributed by atoms with Crippen LogP contribution in [0.15, 0.2) is 23.4 Å². The summed E-state index contributed by atoms with van der Waals surface area (Å²) in [5.74, 6) is -0.370. The Hall–Kier alpha value is -1.34. The van der Waals surface area contributed by atoms with E-state index in [2.05, 4.69) is 4.74 Å². The lowest BCUT2D eigenvalue weighted by molar-refractivity contribution is -0.141. The van der Waals surface area contributed by atoms with E-state index in [-0.39, 0.29) is 23.3 Å². The first kappa shape index (κ1) is 15.1. The van der Waals surface area contributed by atoms with E-state index < -0.39 is 10.0 Å². The van der Waals surface area contributed by atoms with E-state index in [4.69, 9.17) is 0 Å². The third-order valence-electron chi connectivity index (χ3n) is 3.61. The highest BCUT2D eigenvalue weighted by atomic mass is 32.2. The number of methoxy groups -OCH3 is 1. The molecule has 1 aromatic heterocycles. The molecule has 1 atom stereocenters. The number of aryl methyl sites for hydroxylation is 1. The van der Waals surface area contributed by atoms with Crippen molar-refractivity contribution < 1.29 is 17.9 Å². The molecule has 0 radical (unpaired) electrons. The number of carbonyl (C=O) groups is 1. The monoisotopic (exact) mass is 300 g/mol. The van der Waals surface area contributed by atoms with Gasteiger partial charge in [-0.05, 0) is 18.9 Å². The van der Waals surface area contributed by atoms with Gasteiger partial charge in [-0.2, -0.15) is 4.31 Å². The number of hydrogen-bond acceptors (Lipinski definition) is 4. The summed E-state index contributed by atoms with van der Waals surface area (Å²) in [6.45, 7) is 0.457. The van der Waals surface area contributed by atoms with Crippen LogP contribution >= 0.6 is 0 Å². The molecule has 1 aromatic rings. The second-order valence-electron chi connectivity index (χ2n) is 5.06. The fraction of sp³-hybridized carbons (Fsp3) is 0.615. The first-order valence-electron chi connectivity index (χ1n) is 6.66. The van der Waals surface area contributed by atoms with Crippen molar-refractivity contribution >= 4 is 16.0 Å². The number of carbonyl (C=O) groups excluding carboxylic acids is 1. The molecular weight excluding hydrogens is 280 g/mol. The fourth-order valence-electron chi connectivity index (χ4n) is 2.54. The summed E-state index contributed by atoms with van der Waals surface area (Å²) in [6.07, 6.45) is 5.85. The molecule has 0 spiro atoms. The zero-order valence-corrected chi connectivity index (χ0v) is 12.6. The standard InChI is InChI=1S/C13H20N2O4S/c1-14-8-6-12(10-14)20(17,18)15-7-4-3-5-11(15)9-13(16)19-2/h6,8,10-11H,3-5,7,9H2,1-2H3. The molecule has 1 saturated heterocycles. The van der Waals surface area contributed by atoms with Crippen molar-refractivity contribution in [2.24, 2.45) is 7.05 Å². The van der Waals surface area contributed by atoms with Crippen LogP contribution in [-0.4, -0.2) is 43.0 Å². The van der Waals surface area contributed by atoms with Crippen LogP contribution in [-0.2, 0) is 26.6 Å². The van der Waals surface area contributed by atoms with Crippen LogP contribution in [0, 0.1) is 0 Å². The molecule has 2 rings (SSSR count). The van der Waals surface area contributed by atoms with Gasteiger partial charge in [-0.3, -0.25) is 4.79 Å². The van der Waals surface area contributed by atoms with Crippen LogP contribution in [0.25, 0.3) is 0 Å². The molecule has 1 aliphatic heterocycles. The average molecular weight is 300 g/mol. The molecule has 0 bridgehead atoms. The predicted octanol–water partition coefficient (Wildman–Crippen LogP) is 1.13. The van der Waals surface area contributed by atoms with Crippen molar-refractivity contribution in [1.29, 1.82) is 0 Å². The smallest absolute Gasteiger partial charge is 0.307 e. The molecule has 6 nitrogen and oxygen atoms in total. The van der Waals surface area contributed by atoms with Crippen molar-refractivity contribution in [2.75, 3.05) is 13.7 Å². The van der Waals surface area contributed by atoms with Crippen molar-refractivity contribution in [3.63, 3.8) is 0 Å². The number of ether oxygens (including phenoxy) is 1. The molecule has 1 unspecified atom stereocenters. The highest BCUT2D eigenvalue weighted by Crippen LogP contribution is 2.27. The molecule has 0 N–H and O–H groups in total. The Morgan fingerprint density at radius 3 is 2.80 bits per heavy atom. The molecule has 0 saturated carbocycles. The SMILES string of the molecule is COC(=O)CC1CCCCN1S(=O)(=O)c1ccn(C)c1. The lowest BCUT2D eigenvalue weighted by Crippen LogP contribution is -2.44. The van der Waals surface area contributed by atoms with Crippen LogP contribution in [0.3, 0.4) is 0 Å². The van der Waals surface area contributed by atoms with Gasteiger partial charge in [-0.1, -0.05) is 6.42 Å². The summed E-state index contributed by atoms with van der Waals surface area (Å²) >= 11 is 0. The first-order valence-corrected chi connectivity index (χ1v) is 8.10. The number of piperidine rings is 1. The number of sulfonamides is 1. The molecule has 1 aliphatic rings. The highest BCUT2D eigenvalue weighted by molar-refractivity contribution is 7.89. The third kappa shape index (κ3) is 3.04. The van der Waals surface area contributed by atoms with Gasteiger partial charge in [0.05, 0.1) is 18.4 Å². The maximum Gasteiger partial charge on any atom is 0.307 e. The van der Waals surface area contributed by atoms with E-state index in [9.17, 15) is 13.2 Å². The molecule has 7 heteroatoms. The molecule has 0 aliphatic carbocycles. The van der Waals surface area contributed by atoms with Gasteiger partial charge in [0, 0.05) is 32.0 Å². The van der Waals surface area contributed by atoms with Crippen molar-refractivity contribution in [2.45, 2.75) is 36.6 Å². The summed E-state index contributed by atoms with van der Waals surface area (Å²) in [7, 11) is -0.440. The van der Waals surface area contributed by atoms with Gasteiger partial charge in [0.2, 0.25) is 10.0 Å². The zero-order valence-electron chi connectivity index (χ0n) is 11.8. The Labute approximate surface area is 119 Å². The van der Waals surface area contributed by atoms with E-state index in [1.165, 1.54) is 11.4 Å². The Balaban J connectivity index is 2.25.